The molecule has 126 valence electrons. The van der Waals surface area contributed by atoms with Crippen LogP contribution in [0.1, 0.15) is 0 Å². The number of rotatable bonds is 3. The second kappa shape index (κ2) is 6.99. The van der Waals surface area contributed by atoms with E-state index in [1.807, 2.05) is 30.3 Å². The summed E-state index contributed by atoms with van der Waals surface area (Å²) in [6.07, 6.45) is -4.53. The molecule has 0 aliphatic carbocycles. The smallest absolute Gasteiger partial charge is 0.335 e. The van der Waals surface area contributed by atoms with Gasteiger partial charge >= 0.3 is 11.9 Å². The molecule has 8 heteroatoms. The van der Waals surface area contributed by atoms with Crippen LogP contribution in [0.15, 0.2) is 42.5 Å². The number of carboxylic acids is 2. The Hall–Kier alpha value is -3.10. The van der Waals surface area contributed by atoms with Crippen LogP contribution >= 0.6 is 0 Å². The summed E-state index contributed by atoms with van der Waals surface area (Å²) < 4.78 is 0. The number of hydrogen-bond donors (Lipinski definition) is 6. The number of aromatic amines is 1. The number of carboxylic acid groups (broad SMARTS) is 2. The number of carbonyl (C=O) groups is 2. The van der Waals surface area contributed by atoms with Gasteiger partial charge in [0.15, 0.2) is 12.2 Å². The van der Waals surface area contributed by atoms with E-state index in [1.54, 1.807) is 0 Å². The van der Waals surface area contributed by atoms with Crippen LogP contribution in [0.25, 0.3) is 21.8 Å². The van der Waals surface area contributed by atoms with Crippen LogP contribution in [0.4, 0.5) is 5.69 Å². The Labute approximate surface area is 135 Å². The van der Waals surface area contributed by atoms with Gasteiger partial charge in [0.2, 0.25) is 0 Å². The van der Waals surface area contributed by atoms with Gasteiger partial charge in [-0.15, -0.1) is 0 Å². The standard InChI is InChI=1S/C12H10N2.C4H6O6/c13-8-5-6-12-10(7-8)9-3-1-2-4-11(9)14-12;5-1(3(7)8)2(6)4(9)10/h1-7,14H,13H2;1-2,5-6H,(H,7,8)(H,9,10). The molecule has 2 aromatic carbocycles. The Bertz CT molecular complexity index is 871. The third kappa shape index (κ3) is 3.62. The Morgan fingerprint density at radius 1 is 0.875 bits per heavy atom. The number of nitrogens with two attached hydrogens (primary N) is 1. The highest BCUT2D eigenvalue weighted by atomic mass is 16.4. The third-order valence-corrected chi connectivity index (χ3v) is 3.34. The number of aromatic nitrogens is 1. The van der Waals surface area contributed by atoms with E-state index in [1.165, 1.54) is 10.8 Å². The molecule has 2 unspecified atom stereocenters. The lowest BCUT2D eigenvalue weighted by molar-refractivity contribution is -0.165. The second-order valence-corrected chi connectivity index (χ2v) is 5.04. The molecule has 2 atom stereocenters. The first-order valence-corrected chi connectivity index (χ1v) is 6.89. The summed E-state index contributed by atoms with van der Waals surface area (Å²) in [5.41, 5.74) is 8.87. The molecule has 3 aromatic rings. The van der Waals surface area contributed by atoms with Crippen molar-refractivity contribution in [3.63, 3.8) is 0 Å². The predicted molar refractivity (Wildman–Crippen MR) is 87.5 cm³/mol. The topological polar surface area (TPSA) is 157 Å². The van der Waals surface area contributed by atoms with Gasteiger partial charge in [-0.2, -0.15) is 0 Å². The lowest BCUT2D eigenvalue weighted by Crippen LogP contribution is -2.39. The quantitative estimate of drug-likeness (QED) is 0.387. The van der Waals surface area contributed by atoms with Gasteiger partial charge in [-0.1, -0.05) is 18.2 Å². The Kier molecular flexibility index (Phi) is 5.02. The van der Waals surface area contributed by atoms with Gasteiger partial charge in [0.25, 0.3) is 0 Å². The minimum absolute atomic E-state index is 0.808. The molecule has 0 saturated heterocycles. The maximum absolute atomic E-state index is 9.77. The van der Waals surface area contributed by atoms with Crippen LogP contribution in [0.2, 0.25) is 0 Å². The van der Waals surface area contributed by atoms with Crippen LogP contribution in [0.5, 0.6) is 0 Å². The second-order valence-electron chi connectivity index (χ2n) is 5.04. The number of aliphatic hydroxyl groups is 2. The van der Waals surface area contributed by atoms with Crippen molar-refractivity contribution in [3.05, 3.63) is 42.5 Å². The number of nitrogen functional groups attached to an aromatic ring is 1. The number of nitrogens with one attached hydrogen (secondary N) is 1. The predicted octanol–water partition coefficient (Wildman–Crippen LogP) is 0.781. The van der Waals surface area contributed by atoms with Gasteiger partial charge in [0.1, 0.15) is 0 Å². The zero-order chi connectivity index (χ0) is 17.9. The monoisotopic (exact) mass is 332 g/mol. The molecule has 0 spiro atoms. The molecule has 0 aliphatic heterocycles. The first kappa shape index (κ1) is 17.3. The van der Waals surface area contributed by atoms with E-state index in [4.69, 9.17) is 26.2 Å². The van der Waals surface area contributed by atoms with Crippen LogP contribution in [0, 0.1) is 0 Å². The SMILES string of the molecule is Nc1ccc2[nH]c3ccccc3c2c1.O=C(O)C(O)C(O)C(=O)O. The minimum atomic E-state index is -2.27. The minimum Gasteiger partial charge on any atom is -0.479 e. The highest BCUT2D eigenvalue weighted by Crippen LogP contribution is 2.26. The highest BCUT2D eigenvalue weighted by Gasteiger charge is 2.29. The maximum Gasteiger partial charge on any atom is 0.335 e. The van der Waals surface area contributed by atoms with E-state index in [2.05, 4.69) is 17.1 Å². The molecule has 0 radical (unpaired) electrons. The summed E-state index contributed by atoms with van der Waals surface area (Å²) in [6.45, 7) is 0. The summed E-state index contributed by atoms with van der Waals surface area (Å²) in [5.74, 6) is -3.54. The number of para-hydroxylation sites is 1. The molecule has 3 rings (SSSR count). The molecule has 0 saturated carbocycles. The lowest BCUT2D eigenvalue weighted by atomic mass is 10.1. The Morgan fingerprint density at radius 2 is 1.42 bits per heavy atom. The lowest BCUT2D eigenvalue weighted by Gasteiger charge is -2.07. The number of H-pyrrole nitrogens is 1. The summed E-state index contributed by atoms with van der Waals surface area (Å²) in [4.78, 5) is 22.9. The molecule has 8 nitrogen and oxygen atoms in total. The number of hydrogen-bond acceptors (Lipinski definition) is 5. The third-order valence-electron chi connectivity index (χ3n) is 3.34. The van der Waals surface area contributed by atoms with E-state index in [-0.39, 0.29) is 0 Å². The van der Waals surface area contributed by atoms with Crippen molar-refractivity contribution in [3.8, 4) is 0 Å². The fourth-order valence-electron chi connectivity index (χ4n) is 2.14. The number of aliphatic hydroxyl groups excluding tert-OH is 2. The molecule has 7 N–H and O–H groups in total. The Balaban J connectivity index is 0.000000187. The van der Waals surface area contributed by atoms with Crippen molar-refractivity contribution in [1.82, 2.24) is 4.98 Å². The van der Waals surface area contributed by atoms with E-state index in [9.17, 15) is 9.59 Å². The molecule has 0 amide bonds. The number of aliphatic carboxylic acids is 2. The van der Waals surface area contributed by atoms with Gasteiger partial charge < -0.3 is 31.1 Å². The van der Waals surface area contributed by atoms with Crippen molar-refractivity contribution in [2.24, 2.45) is 0 Å². The molecular formula is C16H16N2O6. The molecule has 1 heterocycles. The van der Waals surface area contributed by atoms with E-state index >= 15 is 0 Å². The molecule has 0 bridgehead atoms. The molecule has 1 aromatic heterocycles. The van der Waals surface area contributed by atoms with Crippen LogP contribution in [-0.4, -0.2) is 49.6 Å². The summed E-state index contributed by atoms with van der Waals surface area (Å²) in [7, 11) is 0. The van der Waals surface area contributed by atoms with E-state index in [0.29, 0.717) is 0 Å². The van der Waals surface area contributed by atoms with Gasteiger partial charge in [0.05, 0.1) is 0 Å². The average Bonchev–Trinajstić information content (AvgIpc) is 2.91. The van der Waals surface area contributed by atoms with Gasteiger partial charge in [-0.3, -0.25) is 0 Å². The fourth-order valence-corrected chi connectivity index (χ4v) is 2.14. The first-order chi connectivity index (χ1) is 11.3. The van der Waals surface area contributed by atoms with Gasteiger partial charge in [0, 0.05) is 27.5 Å². The van der Waals surface area contributed by atoms with Crippen molar-refractivity contribution in [1.29, 1.82) is 0 Å². The average molecular weight is 332 g/mol. The van der Waals surface area contributed by atoms with Crippen LogP contribution in [-0.2, 0) is 9.59 Å². The molecule has 0 aliphatic rings. The number of benzene rings is 2. The van der Waals surface area contributed by atoms with Crippen molar-refractivity contribution >= 4 is 39.4 Å². The fraction of sp³-hybridized carbons (Fsp3) is 0.125. The summed E-state index contributed by atoms with van der Waals surface area (Å²) in [5, 5.41) is 35.0. The summed E-state index contributed by atoms with van der Waals surface area (Å²) in [6, 6.07) is 14.2. The molecule has 0 fully saturated rings. The zero-order valence-electron chi connectivity index (χ0n) is 12.4. The number of fused-ring (bicyclic) bond motifs is 3. The zero-order valence-corrected chi connectivity index (χ0v) is 12.4. The first-order valence-electron chi connectivity index (χ1n) is 6.89. The van der Waals surface area contributed by atoms with Crippen molar-refractivity contribution < 1.29 is 30.0 Å². The highest BCUT2D eigenvalue weighted by molar-refractivity contribution is 6.08. The van der Waals surface area contributed by atoms with Gasteiger partial charge in [-0.05, 0) is 24.3 Å². The maximum atomic E-state index is 9.77. The Morgan fingerprint density at radius 3 is 2.00 bits per heavy atom. The summed E-state index contributed by atoms with van der Waals surface area (Å²) >= 11 is 0. The molecular weight excluding hydrogens is 316 g/mol. The largest absolute Gasteiger partial charge is 0.479 e. The van der Waals surface area contributed by atoms with E-state index < -0.39 is 24.1 Å². The number of anilines is 1. The van der Waals surface area contributed by atoms with Crippen LogP contribution in [0.3, 0.4) is 0 Å². The van der Waals surface area contributed by atoms with Crippen molar-refractivity contribution in [2.45, 2.75) is 12.2 Å². The molecule has 24 heavy (non-hydrogen) atoms. The van der Waals surface area contributed by atoms with Crippen LogP contribution < -0.4 is 5.73 Å². The van der Waals surface area contributed by atoms with Gasteiger partial charge in [-0.25, -0.2) is 9.59 Å². The van der Waals surface area contributed by atoms with E-state index in [0.717, 1.165) is 16.7 Å². The normalized spacial score (nSPS) is 13.1. The van der Waals surface area contributed by atoms with Crippen molar-refractivity contribution in [2.75, 3.05) is 5.73 Å².